The van der Waals surface area contributed by atoms with Crippen LogP contribution in [-0.4, -0.2) is 31.3 Å². The molecule has 0 spiro atoms. The van der Waals surface area contributed by atoms with Gasteiger partial charge in [0.05, 0.1) is 16.6 Å². The van der Waals surface area contributed by atoms with Crippen molar-refractivity contribution in [2.24, 2.45) is 0 Å². The minimum Gasteiger partial charge on any atom is -0.291 e. The topological polar surface area (TPSA) is 47.8 Å². The summed E-state index contributed by atoms with van der Waals surface area (Å²) in [5.41, 5.74) is 1.44. The fourth-order valence-electron chi connectivity index (χ4n) is 2.38. The predicted molar refractivity (Wildman–Crippen MR) is 75.8 cm³/mol. The van der Waals surface area contributed by atoms with Crippen LogP contribution in [0.2, 0.25) is 0 Å². The Morgan fingerprint density at radius 2 is 2.16 bits per heavy atom. The third kappa shape index (κ3) is 2.18. The number of aromatic nitrogens is 3. The number of nitrogens with zero attached hydrogens (tertiary/aromatic N) is 3. The van der Waals surface area contributed by atoms with E-state index in [1.807, 2.05) is 37.3 Å². The number of carbonyl (C=O) groups is 1. The zero-order valence-corrected chi connectivity index (χ0v) is 11.6. The fraction of sp³-hybridized carbons (Fsp3) is 0.357. The molecule has 1 aromatic heterocycles. The van der Waals surface area contributed by atoms with Crippen LogP contribution in [0.4, 0.5) is 0 Å². The Morgan fingerprint density at radius 1 is 1.37 bits per heavy atom. The highest BCUT2D eigenvalue weighted by Gasteiger charge is 2.39. The Hall–Kier alpha value is -1.62. The second kappa shape index (κ2) is 4.81. The van der Waals surface area contributed by atoms with Crippen molar-refractivity contribution in [3.05, 3.63) is 42.2 Å². The van der Waals surface area contributed by atoms with Crippen LogP contribution < -0.4 is 0 Å². The first kappa shape index (κ1) is 12.4. The summed E-state index contributed by atoms with van der Waals surface area (Å²) in [7, 11) is 0. The lowest BCUT2D eigenvalue weighted by Crippen LogP contribution is -2.30. The first-order valence-electron chi connectivity index (χ1n) is 6.36. The van der Waals surface area contributed by atoms with Crippen molar-refractivity contribution in [3.8, 4) is 5.69 Å². The molecule has 0 radical (unpaired) electrons. The largest absolute Gasteiger partial charge is 0.291 e. The summed E-state index contributed by atoms with van der Waals surface area (Å²) in [5, 5.41) is 7.95. The molecule has 0 N–H and O–H groups in total. The number of thioether (sulfide) groups is 1. The van der Waals surface area contributed by atoms with Gasteiger partial charge in [-0.2, -0.15) is 0 Å². The van der Waals surface area contributed by atoms with Crippen LogP contribution in [0.15, 0.2) is 36.5 Å². The highest BCUT2D eigenvalue weighted by molar-refractivity contribution is 8.01. The maximum Gasteiger partial charge on any atom is 0.198 e. The number of rotatable bonds is 3. The van der Waals surface area contributed by atoms with Crippen LogP contribution in [0, 0.1) is 0 Å². The van der Waals surface area contributed by atoms with Crippen molar-refractivity contribution in [1.82, 2.24) is 15.0 Å². The second-order valence-electron chi connectivity index (χ2n) is 4.88. The van der Waals surface area contributed by atoms with Crippen LogP contribution in [-0.2, 0) is 0 Å². The second-order valence-corrected chi connectivity index (χ2v) is 6.48. The van der Waals surface area contributed by atoms with E-state index in [2.05, 4.69) is 10.3 Å². The van der Waals surface area contributed by atoms with E-state index in [0.717, 1.165) is 24.3 Å². The highest BCUT2D eigenvalue weighted by Crippen LogP contribution is 2.40. The fourth-order valence-corrected chi connectivity index (χ4v) is 3.64. The summed E-state index contributed by atoms with van der Waals surface area (Å²) in [4.78, 5) is 12.7. The van der Waals surface area contributed by atoms with Gasteiger partial charge in [-0.05, 0) is 37.7 Å². The number of Topliss-reactive ketones (excluding diaryl/α,β-unsaturated/α-hetero) is 1. The SMILES string of the molecule is CC1(C(=O)c2cnnn2-c2ccccc2)CCCS1. The van der Waals surface area contributed by atoms with E-state index in [1.54, 1.807) is 22.6 Å². The minimum absolute atomic E-state index is 0.129. The number of hydrogen-bond donors (Lipinski definition) is 0. The zero-order chi connectivity index (χ0) is 13.3. The molecule has 1 aliphatic rings. The van der Waals surface area contributed by atoms with Gasteiger partial charge in [-0.3, -0.25) is 4.79 Å². The molecule has 0 aliphatic carbocycles. The monoisotopic (exact) mass is 273 g/mol. The quantitative estimate of drug-likeness (QED) is 0.807. The smallest absolute Gasteiger partial charge is 0.198 e. The molecule has 2 aromatic rings. The van der Waals surface area contributed by atoms with Gasteiger partial charge in [0.2, 0.25) is 0 Å². The third-order valence-corrected chi connectivity index (χ3v) is 5.00. The molecule has 0 amide bonds. The molecule has 1 aliphatic heterocycles. The first-order chi connectivity index (χ1) is 9.21. The molecule has 3 rings (SSSR count). The van der Waals surface area contributed by atoms with E-state index >= 15 is 0 Å². The Bertz CT molecular complexity index is 588. The summed E-state index contributed by atoms with van der Waals surface area (Å²) in [5.74, 6) is 1.18. The van der Waals surface area contributed by atoms with Gasteiger partial charge < -0.3 is 0 Å². The summed E-state index contributed by atoms with van der Waals surface area (Å²) < 4.78 is 1.31. The number of ketones is 1. The Balaban J connectivity index is 1.99. The van der Waals surface area contributed by atoms with Gasteiger partial charge in [0, 0.05) is 0 Å². The van der Waals surface area contributed by atoms with Crippen LogP contribution >= 0.6 is 11.8 Å². The maximum atomic E-state index is 12.7. The Kier molecular flexibility index (Phi) is 3.14. The van der Waals surface area contributed by atoms with Gasteiger partial charge in [0.1, 0.15) is 5.69 Å². The minimum atomic E-state index is -0.325. The summed E-state index contributed by atoms with van der Waals surface area (Å²) in [6.07, 6.45) is 3.59. The van der Waals surface area contributed by atoms with Gasteiger partial charge in [-0.1, -0.05) is 23.4 Å². The normalized spacial score (nSPS) is 22.6. The van der Waals surface area contributed by atoms with E-state index in [9.17, 15) is 4.79 Å². The van der Waals surface area contributed by atoms with Crippen molar-refractivity contribution in [2.45, 2.75) is 24.5 Å². The third-order valence-electron chi connectivity index (χ3n) is 3.48. The average Bonchev–Trinajstić information content (AvgIpc) is 3.08. The summed E-state index contributed by atoms with van der Waals surface area (Å²) in [6, 6.07) is 9.65. The van der Waals surface area contributed by atoms with Crippen molar-refractivity contribution >= 4 is 17.5 Å². The number of carbonyl (C=O) groups excluding carboxylic acids is 1. The Labute approximate surface area is 116 Å². The molecule has 1 saturated heterocycles. The van der Waals surface area contributed by atoms with Gasteiger partial charge in [-0.25, -0.2) is 4.68 Å². The molecule has 0 bridgehead atoms. The molecule has 1 aromatic carbocycles. The summed E-state index contributed by atoms with van der Waals surface area (Å²) in [6.45, 7) is 2.02. The molecule has 19 heavy (non-hydrogen) atoms. The number of para-hydroxylation sites is 1. The molecule has 2 heterocycles. The number of benzene rings is 1. The molecule has 1 atom stereocenters. The molecule has 5 heteroatoms. The van der Waals surface area contributed by atoms with Gasteiger partial charge >= 0.3 is 0 Å². The molecule has 4 nitrogen and oxygen atoms in total. The molecular weight excluding hydrogens is 258 g/mol. The molecule has 0 saturated carbocycles. The van der Waals surface area contributed by atoms with E-state index in [4.69, 9.17) is 0 Å². The lowest BCUT2D eigenvalue weighted by molar-refractivity contribution is 0.0941. The Morgan fingerprint density at radius 3 is 2.84 bits per heavy atom. The maximum absolute atomic E-state index is 12.7. The molecule has 1 unspecified atom stereocenters. The van der Waals surface area contributed by atoms with E-state index in [1.165, 1.54) is 0 Å². The van der Waals surface area contributed by atoms with Crippen molar-refractivity contribution in [3.63, 3.8) is 0 Å². The lowest BCUT2D eigenvalue weighted by Gasteiger charge is -2.20. The lowest BCUT2D eigenvalue weighted by atomic mass is 9.98. The van der Waals surface area contributed by atoms with E-state index in [0.29, 0.717) is 5.69 Å². The number of hydrogen-bond acceptors (Lipinski definition) is 4. The molecular formula is C14H15N3OS. The van der Waals surface area contributed by atoms with E-state index in [-0.39, 0.29) is 10.5 Å². The predicted octanol–water partition coefficient (Wildman–Crippen LogP) is 2.74. The first-order valence-corrected chi connectivity index (χ1v) is 7.34. The van der Waals surface area contributed by atoms with Crippen molar-refractivity contribution < 1.29 is 4.79 Å². The van der Waals surface area contributed by atoms with Gasteiger partial charge in [0.25, 0.3) is 0 Å². The average molecular weight is 273 g/mol. The summed E-state index contributed by atoms with van der Waals surface area (Å²) >= 11 is 1.74. The van der Waals surface area contributed by atoms with Crippen molar-refractivity contribution in [2.75, 3.05) is 5.75 Å². The highest BCUT2D eigenvalue weighted by atomic mass is 32.2. The molecule has 98 valence electrons. The molecule has 1 fully saturated rings. The van der Waals surface area contributed by atoms with Crippen LogP contribution in [0.25, 0.3) is 5.69 Å². The van der Waals surface area contributed by atoms with Crippen LogP contribution in [0.3, 0.4) is 0 Å². The van der Waals surface area contributed by atoms with Crippen LogP contribution in [0.1, 0.15) is 30.3 Å². The van der Waals surface area contributed by atoms with Crippen molar-refractivity contribution in [1.29, 1.82) is 0 Å². The van der Waals surface area contributed by atoms with Gasteiger partial charge in [-0.15, -0.1) is 16.9 Å². The van der Waals surface area contributed by atoms with Gasteiger partial charge in [0.15, 0.2) is 5.78 Å². The zero-order valence-electron chi connectivity index (χ0n) is 10.7. The van der Waals surface area contributed by atoms with E-state index < -0.39 is 0 Å². The van der Waals surface area contributed by atoms with Crippen LogP contribution in [0.5, 0.6) is 0 Å². The standard InChI is InChI=1S/C14H15N3OS/c1-14(8-5-9-19-14)13(18)12-10-15-16-17(12)11-6-3-2-4-7-11/h2-4,6-7,10H,5,8-9H2,1H3.